The number of hydrogen-bond donors (Lipinski definition) is 1. The number of carbonyl (C=O) groups excluding carboxylic acids is 3. The van der Waals surface area contributed by atoms with Gasteiger partial charge in [-0.1, -0.05) is 25.7 Å². The lowest BCUT2D eigenvalue weighted by molar-refractivity contribution is -0.143. The second-order valence-corrected chi connectivity index (χ2v) is 9.60. The minimum atomic E-state index is -0.323. The van der Waals surface area contributed by atoms with Crippen LogP contribution in [0.25, 0.3) is 0 Å². The molecule has 0 aromatic heterocycles. The molecule has 2 amide bonds. The van der Waals surface area contributed by atoms with Gasteiger partial charge in [-0.15, -0.1) is 0 Å². The minimum Gasteiger partial charge on any atom is -0.494 e. The molecule has 1 N–H and O–H groups in total. The van der Waals surface area contributed by atoms with Crippen molar-refractivity contribution in [1.82, 2.24) is 15.1 Å². The summed E-state index contributed by atoms with van der Waals surface area (Å²) in [6.45, 7) is 4.13. The first-order chi connectivity index (χ1) is 17.0. The molecule has 2 fully saturated rings. The van der Waals surface area contributed by atoms with Gasteiger partial charge in [0.15, 0.2) is 0 Å². The molecule has 190 valence electrons. The van der Waals surface area contributed by atoms with Crippen LogP contribution in [0, 0.1) is 5.92 Å². The van der Waals surface area contributed by atoms with Crippen LogP contribution in [0.3, 0.4) is 0 Å². The summed E-state index contributed by atoms with van der Waals surface area (Å²) < 4.78 is 11.0. The second kappa shape index (κ2) is 12.0. The van der Waals surface area contributed by atoms with Gasteiger partial charge >= 0.3 is 5.97 Å². The summed E-state index contributed by atoms with van der Waals surface area (Å²) in [6.07, 6.45) is 8.42. The van der Waals surface area contributed by atoms with Gasteiger partial charge in [-0.25, -0.2) is 4.99 Å². The SMILES string of the molecule is CC(=O)OCCN(CCCC1CCCC1)C(=O)CCCOc1ccc2c(c1)CN1CC(=O)NC1=N2. The van der Waals surface area contributed by atoms with E-state index < -0.39 is 0 Å². The quantitative estimate of drug-likeness (QED) is 0.361. The van der Waals surface area contributed by atoms with Crippen molar-refractivity contribution >= 4 is 29.4 Å². The molecule has 1 aromatic carbocycles. The van der Waals surface area contributed by atoms with Gasteiger partial charge in [0.25, 0.3) is 0 Å². The van der Waals surface area contributed by atoms with Crippen LogP contribution in [0.2, 0.25) is 0 Å². The topological polar surface area (TPSA) is 101 Å². The Morgan fingerprint density at radius 2 is 1.97 bits per heavy atom. The molecule has 0 bridgehead atoms. The van der Waals surface area contributed by atoms with Crippen LogP contribution in [-0.2, 0) is 25.7 Å². The summed E-state index contributed by atoms with van der Waals surface area (Å²) in [6, 6.07) is 5.71. The maximum atomic E-state index is 12.9. The number of fused-ring (bicyclic) bond motifs is 2. The maximum Gasteiger partial charge on any atom is 0.302 e. The Hall–Kier alpha value is -3.10. The van der Waals surface area contributed by atoms with E-state index in [1.807, 2.05) is 28.0 Å². The molecule has 9 heteroatoms. The molecule has 3 aliphatic rings. The Balaban J connectivity index is 1.21. The zero-order valence-electron chi connectivity index (χ0n) is 20.6. The first-order valence-corrected chi connectivity index (χ1v) is 12.8. The number of esters is 1. The highest BCUT2D eigenvalue weighted by Gasteiger charge is 2.29. The summed E-state index contributed by atoms with van der Waals surface area (Å²) in [7, 11) is 0. The number of aliphatic imine (C=N–C) groups is 1. The van der Waals surface area contributed by atoms with Crippen molar-refractivity contribution in [3.8, 4) is 5.75 Å². The number of amides is 2. The molecule has 0 unspecified atom stereocenters. The summed E-state index contributed by atoms with van der Waals surface area (Å²) in [4.78, 5) is 43.8. The van der Waals surface area contributed by atoms with Gasteiger partial charge in [0.05, 0.1) is 18.8 Å². The molecule has 1 aromatic rings. The van der Waals surface area contributed by atoms with Crippen LogP contribution in [0.1, 0.15) is 63.9 Å². The van der Waals surface area contributed by atoms with Crippen molar-refractivity contribution < 1.29 is 23.9 Å². The Kier molecular flexibility index (Phi) is 8.60. The van der Waals surface area contributed by atoms with E-state index in [0.717, 1.165) is 35.8 Å². The Morgan fingerprint density at radius 3 is 2.77 bits per heavy atom. The van der Waals surface area contributed by atoms with Crippen LogP contribution >= 0.6 is 0 Å². The standard InChI is InChI=1S/C26H36N4O5/c1-19(31)34-15-13-29(12-4-8-20-6-2-3-7-20)25(33)9-5-14-35-22-10-11-23-21(16-22)17-30-18-24(32)28-26(30)27-23/h10-11,16,20H,2-9,12-15,17-18H2,1H3,(H,27,28,32). The molecule has 1 saturated carbocycles. The zero-order valence-corrected chi connectivity index (χ0v) is 20.6. The molecule has 0 spiro atoms. The lowest BCUT2D eigenvalue weighted by atomic mass is 10.0. The Labute approximate surface area is 206 Å². The van der Waals surface area contributed by atoms with Gasteiger partial charge < -0.3 is 19.3 Å². The third-order valence-corrected chi connectivity index (χ3v) is 6.86. The van der Waals surface area contributed by atoms with Gasteiger partial charge in [-0.2, -0.15) is 0 Å². The number of guanidine groups is 1. The molecule has 2 aliphatic heterocycles. The minimum absolute atomic E-state index is 0.0434. The van der Waals surface area contributed by atoms with Crippen LogP contribution in [-0.4, -0.2) is 66.4 Å². The molecular formula is C26H36N4O5. The molecule has 1 saturated heterocycles. The highest BCUT2D eigenvalue weighted by Crippen LogP contribution is 2.31. The molecule has 4 rings (SSSR count). The summed E-state index contributed by atoms with van der Waals surface area (Å²) in [5.74, 6) is 1.85. The molecule has 0 atom stereocenters. The van der Waals surface area contributed by atoms with E-state index in [1.165, 1.54) is 32.6 Å². The predicted octanol–water partition coefficient (Wildman–Crippen LogP) is 3.14. The first kappa shape index (κ1) is 25.0. The molecule has 2 heterocycles. The third-order valence-electron chi connectivity index (χ3n) is 6.86. The number of benzene rings is 1. The van der Waals surface area contributed by atoms with E-state index in [2.05, 4.69) is 10.3 Å². The zero-order chi connectivity index (χ0) is 24.6. The van der Waals surface area contributed by atoms with E-state index in [-0.39, 0.29) is 24.4 Å². The smallest absolute Gasteiger partial charge is 0.302 e. The van der Waals surface area contributed by atoms with Crippen molar-refractivity contribution in [2.24, 2.45) is 10.9 Å². The number of ether oxygens (including phenoxy) is 2. The van der Waals surface area contributed by atoms with Crippen molar-refractivity contribution in [1.29, 1.82) is 0 Å². The van der Waals surface area contributed by atoms with Crippen molar-refractivity contribution in [2.45, 2.75) is 64.8 Å². The van der Waals surface area contributed by atoms with E-state index >= 15 is 0 Å². The number of rotatable bonds is 12. The van der Waals surface area contributed by atoms with E-state index in [1.54, 1.807) is 0 Å². The lowest BCUT2D eigenvalue weighted by Crippen LogP contribution is -2.35. The largest absolute Gasteiger partial charge is 0.494 e. The van der Waals surface area contributed by atoms with Crippen LogP contribution in [0.4, 0.5) is 5.69 Å². The summed E-state index contributed by atoms with van der Waals surface area (Å²) in [5.41, 5.74) is 1.85. The molecule has 9 nitrogen and oxygen atoms in total. The van der Waals surface area contributed by atoms with Crippen molar-refractivity contribution in [3.63, 3.8) is 0 Å². The average Bonchev–Trinajstić information content (AvgIpc) is 3.47. The monoisotopic (exact) mass is 484 g/mol. The third kappa shape index (κ3) is 7.19. The van der Waals surface area contributed by atoms with Gasteiger partial charge in [0.1, 0.15) is 18.9 Å². The average molecular weight is 485 g/mol. The second-order valence-electron chi connectivity index (χ2n) is 9.60. The Morgan fingerprint density at radius 1 is 1.14 bits per heavy atom. The van der Waals surface area contributed by atoms with E-state index in [9.17, 15) is 14.4 Å². The summed E-state index contributed by atoms with van der Waals surface area (Å²) >= 11 is 0. The van der Waals surface area contributed by atoms with Gasteiger partial charge in [0.2, 0.25) is 17.8 Å². The van der Waals surface area contributed by atoms with Crippen molar-refractivity contribution in [3.05, 3.63) is 23.8 Å². The molecule has 1 aliphatic carbocycles. The van der Waals surface area contributed by atoms with E-state index in [4.69, 9.17) is 9.47 Å². The van der Waals surface area contributed by atoms with Gasteiger partial charge in [-0.05, 0) is 43.4 Å². The van der Waals surface area contributed by atoms with Crippen molar-refractivity contribution in [2.75, 3.05) is 32.8 Å². The fraction of sp³-hybridized carbons (Fsp3) is 0.615. The fourth-order valence-electron chi connectivity index (χ4n) is 5.03. The van der Waals surface area contributed by atoms with Crippen LogP contribution in [0.15, 0.2) is 23.2 Å². The highest BCUT2D eigenvalue weighted by atomic mass is 16.5. The predicted molar refractivity (Wildman–Crippen MR) is 131 cm³/mol. The number of nitrogens with one attached hydrogen (secondary N) is 1. The molecule has 0 radical (unpaired) electrons. The van der Waals surface area contributed by atoms with Gasteiger partial charge in [0, 0.05) is 32.0 Å². The fourth-order valence-corrected chi connectivity index (χ4v) is 5.03. The van der Waals surface area contributed by atoms with Crippen LogP contribution < -0.4 is 10.1 Å². The first-order valence-electron chi connectivity index (χ1n) is 12.8. The lowest BCUT2D eigenvalue weighted by Gasteiger charge is -2.24. The number of carbonyl (C=O) groups is 3. The highest BCUT2D eigenvalue weighted by molar-refractivity contribution is 6.05. The molecule has 35 heavy (non-hydrogen) atoms. The maximum absolute atomic E-state index is 12.9. The summed E-state index contributed by atoms with van der Waals surface area (Å²) in [5, 5.41) is 2.76. The Bertz CT molecular complexity index is 957. The van der Waals surface area contributed by atoms with Crippen LogP contribution in [0.5, 0.6) is 5.75 Å². The normalized spacial score (nSPS) is 16.9. The number of hydrogen-bond acceptors (Lipinski definition) is 7. The van der Waals surface area contributed by atoms with E-state index in [0.29, 0.717) is 51.6 Å². The number of nitrogens with zero attached hydrogens (tertiary/aromatic N) is 3. The van der Waals surface area contributed by atoms with Gasteiger partial charge in [-0.3, -0.25) is 19.7 Å². The molecular weight excluding hydrogens is 448 g/mol.